The van der Waals surface area contributed by atoms with Crippen LogP contribution in [0, 0.1) is 5.41 Å². The van der Waals surface area contributed by atoms with Crippen LogP contribution in [0.5, 0.6) is 0 Å². The molecule has 1 nitrogen and oxygen atoms in total. The predicted octanol–water partition coefficient (Wildman–Crippen LogP) is 4.36. The number of benzene rings is 2. The van der Waals surface area contributed by atoms with Crippen LogP contribution in [-0.2, 0) is 5.11 Å². The lowest BCUT2D eigenvalue weighted by molar-refractivity contribution is -0.00140. The van der Waals surface area contributed by atoms with Crippen LogP contribution in [0.15, 0.2) is 42.5 Å². The van der Waals surface area contributed by atoms with E-state index < -0.39 is 6.10 Å². The predicted molar refractivity (Wildman–Crippen MR) is 66.8 cm³/mol. The van der Waals surface area contributed by atoms with E-state index in [0.717, 1.165) is 10.9 Å². The summed E-state index contributed by atoms with van der Waals surface area (Å²) in [5.41, 5.74) is 0.647. The molecule has 1 unspecified atom stereocenters. The van der Waals surface area contributed by atoms with Crippen molar-refractivity contribution in [3.05, 3.63) is 48.0 Å². The molecule has 0 aromatic heterocycles. The summed E-state index contributed by atoms with van der Waals surface area (Å²) < 4.78 is 0. The Bertz CT molecular complexity index is 494. The Kier molecular flexibility index (Phi) is 2.73. The minimum Gasteiger partial charge on any atom is -0.227 e. The molecule has 2 aromatic carbocycles. The molecule has 2 rings (SSSR count). The molecule has 0 aliphatic rings. The third-order valence-corrected chi connectivity index (χ3v) is 2.86. The molecule has 0 saturated carbocycles. The quantitative estimate of drug-likeness (QED) is 0.671. The summed E-state index contributed by atoms with van der Waals surface area (Å²) in [7, 11) is 0. The monoisotopic (exact) mass is 213 g/mol. The van der Waals surface area contributed by atoms with E-state index in [1.54, 1.807) is 0 Å². The van der Waals surface area contributed by atoms with Gasteiger partial charge in [-0.1, -0.05) is 57.2 Å². The fourth-order valence-corrected chi connectivity index (χ4v) is 1.87. The molecule has 0 fully saturated rings. The molecule has 1 atom stereocenters. The van der Waals surface area contributed by atoms with Crippen molar-refractivity contribution in [2.45, 2.75) is 26.9 Å². The van der Waals surface area contributed by atoms with Gasteiger partial charge in [0.1, 0.15) is 6.10 Å². The summed E-state index contributed by atoms with van der Waals surface area (Å²) in [5, 5.41) is 14.5. The van der Waals surface area contributed by atoms with Gasteiger partial charge in [-0.05, 0) is 27.8 Å². The first-order valence-corrected chi connectivity index (χ1v) is 5.63. The second-order valence-electron chi connectivity index (χ2n) is 5.35. The molecule has 16 heavy (non-hydrogen) atoms. The maximum absolute atomic E-state index is 12.2. The SMILES string of the molecule is CC(C)(C)C([O])c1ccc2ccccc2c1. The van der Waals surface area contributed by atoms with Crippen molar-refractivity contribution in [1.29, 1.82) is 0 Å². The first-order chi connectivity index (χ1) is 7.48. The summed E-state index contributed by atoms with van der Waals surface area (Å²) in [4.78, 5) is 0. The lowest BCUT2D eigenvalue weighted by Crippen LogP contribution is -2.16. The van der Waals surface area contributed by atoms with Crippen LogP contribution in [0.25, 0.3) is 10.8 Å². The van der Waals surface area contributed by atoms with Gasteiger partial charge in [-0.25, -0.2) is 5.11 Å². The molecule has 1 radical (unpaired) electrons. The Hall–Kier alpha value is -1.34. The van der Waals surface area contributed by atoms with Crippen molar-refractivity contribution in [2.75, 3.05) is 0 Å². The highest BCUT2D eigenvalue weighted by Crippen LogP contribution is 2.34. The van der Waals surface area contributed by atoms with Crippen LogP contribution in [0.4, 0.5) is 0 Å². The van der Waals surface area contributed by atoms with E-state index in [1.165, 1.54) is 5.39 Å². The smallest absolute Gasteiger partial charge is 0.123 e. The molecule has 0 spiro atoms. The highest BCUT2D eigenvalue weighted by molar-refractivity contribution is 5.83. The molecule has 2 aromatic rings. The average molecular weight is 213 g/mol. The molecular formula is C15H17O. The van der Waals surface area contributed by atoms with E-state index in [0.29, 0.717) is 0 Å². The van der Waals surface area contributed by atoms with Crippen LogP contribution in [0.1, 0.15) is 32.4 Å². The normalized spacial score (nSPS) is 14.0. The van der Waals surface area contributed by atoms with Gasteiger partial charge in [0.05, 0.1) is 0 Å². The van der Waals surface area contributed by atoms with Crippen LogP contribution in [0.3, 0.4) is 0 Å². The summed E-state index contributed by atoms with van der Waals surface area (Å²) in [6.07, 6.45) is -0.669. The standard InChI is InChI=1S/C15H17O/c1-15(2,3)14(16)13-9-8-11-6-4-5-7-12(11)10-13/h4-10,14H,1-3H3. The van der Waals surface area contributed by atoms with Crippen molar-refractivity contribution >= 4 is 10.8 Å². The van der Waals surface area contributed by atoms with E-state index in [4.69, 9.17) is 0 Å². The van der Waals surface area contributed by atoms with E-state index in [-0.39, 0.29) is 5.41 Å². The van der Waals surface area contributed by atoms with E-state index in [1.807, 2.05) is 57.2 Å². The molecule has 0 saturated heterocycles. The molecule has 0 aliphatic carbocycles. The zero-order chi connectivity index (χ0) is 11.8. The van der Waals surface area contributed by atoms with Crippen LogP contribution in [-0.4, -0.2) is 0 Å². The van der Waals surface area contributed by atoms with Crippen molar-refractivity contribution in [2.24, 2.45) is 5.41 Å². The van der Waals surface area contributed by atoms with Crippen LogP contribution < -0.4 is 0 Å². The second kappa shape index (κ2) is 3.91. The van der Waals surface area contributed by atoms with Gasteiger partial charge in [0.25, 0.3) is 0 Å². The fraction of sp³-hybridized carbons (Fsp3) is 0.333. The Morgan fingerprint density at radius 2 is 1.56 bits per heavy atom. The molecule has 0 N–H and O–H groups in total. The van der Waals surface area contributed by atoms with Crippen LogP contribution >= 0.6 is 0 Å². The number of fused-ring (bicyclic) bond motifs is 1. The first-order valence-electron chi connectivity index (χ1n) is 5.63. The Labute approximate surface area is 96.7 Å². The Morgan fingerprint density at radius 1 is 0.938 bits per heavy atom. The third kappa shape index (κ3) is 2.10. The third-order valence-electron chi connectivity index (χ3n) is 2.86. The molecule has 0 aliphatic heterocycles. The zero-order valence-corrected chi connectivity index (χ0v) is 10.0. The van der Waals surface area contributed by atoms with Gasteiger partial charge in [0, 0.05) is 0 Å². The van der Waals surface area contributed by atoms with E-state index >= 15 is 0 Å². The number of rotatable bonds is 1. The summed E-state index contributed by atoms with van der Waals surface area (Å²) >= 11 is 0. The van der Waals surface area contributed by atoms with Gasteiger partial charge in [-0.3, -0.25) is 0 Å². The van der Waals surface area contributed by atoms with Gasteiger partial charge < -0.3 is 0 Å². The lowest BCUT2D eigenvalue weighted by Gasteiger charge is -2.24. The zero-order valence-electron chi connectivity index (χ0n) is 10.0. The van der Waals surface area contributed by atoms with Crippen molar-refractivity contribution in [3.8, 4) is 0 Å². The van der Waals surface area contributed by atoms with Gasteiger partial charge in [0.2, 0.25) is 0 Å². The second-order valence-corrected chi connectivity index (χ2v) is 5.35. The van der Waals surface area contributed by atoms with Crippen molar-refractivity contribution < 1.29 is 5.11 Å². The molecule has 0 amide bonds. The van der Waals surface area contributed by atoms with Crippen molar-refractivity contribution in [1.82, 2.24) is 0 Å². The summed E-state index contributed by atoms with van der Waals surface area (Å²) in [6.45, 7) is 5.96. The van der Waals surface area contributed by atoms with Crippen LogP contribution in [0.2, 0.25) is 0 Å². The highest BCUT2D eigenvalue weighted by atomic mass is 16.3. The number of hydrogen-bond donors (Lipinski definition) is 0. The number of hydrogen-bond acceptors (Lipinski definition) is 0. The molecule has 0 bridgehead atoms. The maximum Gasteiger partial charge on any atom is 0.123 e. The molecule has 83 valence electrons. The van der Waals surface area contributed by atoms with E-state index in [2.05, 4.69) is 6.07 Å². The topological polar surface area (TPSA) is 19.9 Å². The van der Waals surface area contributed by atoms with E-state index in [9.17, 15) is 5.11 Å². The first kappa shape index (κ1) is 11.2. The average Bonchev–Trinajstić information content (AvgIpc) is 2.26. The highest BCUT2D eigenvalue weighted by Gasteiger charge is 2.25. The largest absolute Gasteiger partial charge is 0.227 e. The van der Waals surface area contributed by atoms with Gasteiger partial charge in [-0.15, -0.1) is 0 Å². The minimum atomic E-state index is -0.669. The Morgan fingerprint density at radius 3 is 2.19 bits per heavy atom. The van der Waals surface area contributed by atoms with Gasteiger partial charge >= 0.3 is 0 Å². The minimum absolute atomic E-state index is 0.234. The fourth-order valence-electron chi connectivity index (χ4n) is 1.87. The molecular weight excluding hydrogens is 196 g/mol. The van der Waals surface area contributed by atoms with Crippen molar-refractivity contribution in [3.63, 3.8) is 0 Å². The maximum atomic E-state index is 12.2. The Balaban J connectivity index is 2.47. The van der Waals surface area contributed by atoms with Gasteiger partial charge in [-0.2, -0.15) is 0 Å². The van der Waals surface area contributed by atoms with Gasteiger partial charge in [0.15, 0.2) is 0 Å². The molecule has 1 heteroatoms. The summed E-state index contributed by atoms with van der Waals surface area (Å²) in [6, 6.07) is 14.1. The molecule has 0 heterocycles. The lowest BCUT2D eigenvalue weighted by atomic mass is 9.84. The summed E-state index contributed by atoms with van der Waals surface area (Å²) in [5.74, 6) is 0.